The molecule has 2 aromatic heterocycles. The molecule has 0 amide bonds. The second-order valence-electron chi connectivity index (χ2n) is 7.85. The fourth-order valence-electron chi connectivity index (χ4n) is 4.14. The highest BCUT2D eigenvalue weighted by molar-refractivity contribution is 5.70. The third-order valence-corrected chi connectivity index (χ3v) is 5.90. The topological polar surface area (TPSA) is 75.2 Å². The van der Waals surface area contributed by atoms with Gasteiger partial charge in [0.25, 0.3) is 0 Å². The monoisotopic (exact) mass is 420 g/mol. The van der Waals surface area contributed by atoms with E-state index in [1.165, 1.54) is 6.07 Å². The van der Waals surface area contributed by atoms with Gasteiger partial charge in [-0.15, -0.1) is 0 Å². The summed E-state index contributed by atoms with van der Waals surface area (Å²) >= 11 is 0. The van der Waals surface area contributed by atoms with Gasteiger partial charge >= 0.3 is 0 Å². The summed E-state index contributed by atoms with van der Waals surface area (Å²) < 4.78 is 19.8. The molecule has 0 fully saturated rings. The van der Waals surface area contributed by atoms with Crippen LogP contribution in [0.15, 0.2) is 30.6 Å². The van der Waals surface area contributed by atoms with E-state index >= 15 is 0 Å². The van der Waals surface area contributed by atoms with E-state index < -0.39 is 0 Å². The molecule has 0 unspecified atom stereocenters. The standard InChI is InChI=1S/C23H25FN6O/c1-3-15-4-5-17(10-18(15)24)28-23-27-11-16-6-8-30(13-19(16)29-23)20-12-26-22-21(14(20)2)25-7-9-31-22/h4-5,10-12,25H,3,6-9,13H2,1-2H3,(H,27,28,29). The lowest BCUT2D eigenvalue weighted by molar-refractivity contribution is 0.310. The van der Waals surface area contributed by atoms with Crippen LogP contribution in [0.2, 0.25) is 0 Å². The molecule has 3 aromatic rings. The molecular weight excluding hydrogens is 395 g/mol. The van der Waals surface area contributed by atoms with Gasteiger partial charge in [0, 0.05) is 30.5 Å². The number of nitrogens with one attached hydrogen (secondary N) is 2. The van der Waals surface area contributed by atoms with E-state index in [2.05, 4.69) is 32.4 Å². The molecule has 31 heavy (non-hydrogen) atoms. The Morgan fingerprint density at radius 1 is 1.26 bits per heavy atom. The molecule has 0 atom stereocenters. The highest BCUT2D eigenvalue weighted by atomic mass is 19.1. The van der Waals surface area contributed by atoms with E-state index in [1.807, 2.05) is 25.4 Å². The fraction of sp³-hybridized carbons (Fsp3) is 0.348. The Balaban J connectivity index is 1.38. The van der Waals surface area contributed by atoms with Crippen LogP contribution in [0.25, 0.3) is 0 Å². The summed E-state index contributed by atoms with van der Waals surface area (Å²) in [7, 11) is 0. The zero-order valence-electron chi connectivity index (χ0n) is 17.7. The molecule has 0 saturated heterocycles. The first-order valence-electron chi connectivity index (χ1n) is 10.6. The molecule has 5 rings (SSSR count). The predicted octanol–water partition coefficient (Wildman–Crippen LogP) is 3.99. The van der Waals surface area contributed by atoms with E-state index in [9.17, 15) is 4.39 Å². The Kier molecular flexibility index (Phi) is 5.05. The van der Waals surface area contributed by atoms with Crippen molar-refractivity contribution >= 4 is 23.0 Å². The second-order valence-corrected chi connectivity index (χ2v) is 7.85. The van der Waals surface area contributed by atoms with E-state index in [1.54, 1.807) is 6.07 Å². The number of ether oxygens (including phenoxy) is 1. The molecule has 7 nitrogen and oxygen atoms in total. The van der Waals surface area contributed by atoms with Crippen molar-refractivity contribution < 1.29 is 9.13 Å². The van der Waals surface area contributed by atoms with Crippen molar-refractivity contribution in [3.63, 3.8) is 0 Å². The van der Waals surface area contributed by atoms with Crippen molar-refractivity contribution in [1.82, 2.24) is 15.0 Å². The number of hydrogen-bond acceptors (Lipinski definition) is 7. The van der Waals surface area contributed by atoms with E-state index in [0.717, 1.165) is 47.7 Å². The van der Waals surface area contributed by atoms with Gasteiger partial charge in [0.05, 0.1) is 24.1 Å². The minimum absolute atomic E-state index is 0.218. The number of nitrogens with zero attached hydrogens (tertiary/aromatic N) is 4. The number of anilines is 4. The van der Waals surface area contributed by atoms with Crippen molar-refractivity contribution in [3.05, 3.63) is 58.8 Å². The van der Waals surface area contributed by atoms with Crippen molar-refractivity contribution in [2.45, 2.75) is 33.2 Å². The third-order valence-electron chi connectivity index (χ3n) is 5.90. The second kappa shape index (κ2) is 8.02. The van der Waals surface area contributed by atoms with Crippen molar-refractivity contribution in [2.24, 2.45) is 0 Å². The summed E-state index contributed by atoms with van der Waals surface area (Å²) in [4.78, 5) is 15.9. The maximum absolute atomic E-state index is 14.1. The smallest absolute Gasteiger partial charge is 0.237 e. The highest BCUT2D eigenvalue weighted by Gasteiger charge is 2.24. The number of aryl methyl sites for hydroxylation is 1. The van der Waals surface area contributed by atoms with Crippen LogP contribution in [0.1, 0.15) is 29.3 Å². The van der Waals surface area contributed by atoms with Gasteiger partial charge in [-0.05, 0) is 43.0 Å². The summed E-state index contributed by atoms with van der Waals surface area (Å²) in [5, 5.41) is 6.53. The van der Waals surface area contributed by atoms with Crippen LogP contribution < -0.4 is 20.3 Å². The molecule has 0 saturated carbocycles. The fourth-order valence-corrected chi connectivity index (χ4v) is 4.14. The number of aromatic nitrogens is 3. The maximum atomic E-state index is 14.1. The summed E-state index contributed by atoms with van der Waals surface area (Å²) in [6.45, 7) is 6.98. The molecule has 160 valence electrons. The van der Waals surface area contributed by atoms with Gasteiger partial charge in [-0.3, -0.25) is 0 Å². The molecule has 0 radical (unpaired) electrons. The minimum atomic E-state index is -0.218. The first-order valence-corrected chi connectivity index (χ1v) is 10.6. The van der Waals surface area contributed by atoms with E-state index in [-0.39, 0.29) is 5.82 Å². The Hall–Kier alpha value is -3.42. The largest absolute Gasteiger partial charge is 0.474 e. The number of pyridine rings is 1. The van der Waals surface area contributed by atoms with Gasteiger partial charge < -0.3 is 20.3 Å². The minimum Gasteiger partial charge on any atom is -0.474 e. The van der Waals surface area contributed by atoms with Crippen LogP contribution in [0.3, 0.4) is 0 Å². The maximum Gasteiger partial charge on any atom is 0.237 e. The van der Waals surface area contributed by atoms with Crippen LogP contribution in [-0.4, -0.2) is 34.6 Å². The molecule has 8 heteroatoms. The van der Waals surface area contributed by atoms with Gasteiger partial charge in [-0.1, -0.05) is 13.0 Å². The lowest BCUT2D eigenvalue weighted by Crippen LogP contribution is -2.32. The van der Waals surface area contributed by atoms with Gasteiger partial charge in [0.1, 0.15) is 18.1 Å². The van der Waals surface area contributed by atoms with Crippen LogP contribution in [-0.2, 0) is 19.4 Å². The number of fused-ring (bicyclic) bond motifs is 2. The van der Waals surface area contributed by atoms with Gasteiger partial charge in [0.15, 0.2) is 0 Å². The lowest BCUT2D eigenvalue weighted by Gasteiger charge is -2.32. The molecule has 0 aliphatic carbocycles. The predicted molar refractivity (Wildman–Crippen MR) is 119 cm³/mol. The van der Waals surface area contributed by atoms with Crippen LogP contribution >= 0.6 is 0 Å². The van der Waals surface area contributed by atoms with Crippen molar-refractivity contribution in [2.75, 3.05) is 35.2 Å². The number of benzene rings is 1. The Morgan fingerprint density at radius 3 is 3.00 bits per heavy atom. The first kappa shape index (κ1) is 19.5. The number of halogens is 1. The number of rotatable bonds is 4. The summed E-state index contributed by atoms with van der Waals surface area (Å²) in [6.07, 6.45) is 5.27. The van der Waals surface area contributed by atoms with Crippen molar-refractivity contribution in [1.29, 1.82) is 0 Å². The summed E-state index contributed by atoms with van der Waals surface area (Å²) in [6, 6.07) is 5.14. The zero-order chi connectivity index (χ0) is 21.4. The Morgan fingerprint density at radius 2 is 2.16 bits per heavy atom. The average molecular weight is 420 g/mol. The molecule has 0 spiro atoms. The molecule has 0 bridgehead atoms. The van der Waals surface area contributed by atoms with Gasteiger partial charge in [-0.2, -0.15) is 0 Å². The van der Waals surface area contributed by atoms with E-state index in [0.29, 0.717) is 42.7 Å². The van der Waals surface area contributed by atoms with Crippen LogP contribution in [0, 0.1) is 12.7 Å². The molecular formula is C23H25FN6O. The average Bonchev–Trinajstić information content (AvgIpc) is 2.79. The summed E-state index contributed by atoms with van der Waals surface area (Å²) in [5.41, 5.74) is 6.62. The lowest BCUT2D eigenvalue weighted by atomic mass is 10.0. The molecule has 2 aliphatic rings. The van der Waals surface area contributed by atoms with Crippen LogP contribution in [0.4, 0.5) is 27.4 Å². The SMILES string of the molecule is CCc1ccc(Nc2ncc3c(n2)CN(c2cnc4c(c2C)NCCO4)CC3)cc1F. The Labute approximate surface area is 180 Å². The zero-order valence-corrected chi connectivity index (χ0v) is 17.7. The third kappa shape index (κ3) is 3.73. The molecule has 1 aromatic carbocycles. The number of hydrogen-bond donors (Lipinski definition) is 2. The van der Waals surface area contributed by atoms with Crippen molar-refractivity contribution in [3.8, 4) is 5.88 Å². The normalized spacial score (nSPS) is 14.9. The molecule has 2 aliphatic heterocycles. The van der Waals surface area contributed by atoms with Gasteiger partial charge in [-0.25, -0.2) is 19.3 Å². The quantitative estimate of drug-likeness (QED) is 0.661. The summed E-state index contributed by atoms with van der Waals surface area (Å²) in [5.74, 6) is 0.921. The molecule has 4 heterocycles. The van der Waals surface area contributed by atoms with Gasteiger partial charge in [0.2, 0.25) is 11.8 Å². The Bertz CT molecular complexity index is 1140. The highest BCUT2D eigenvalue weighted by Crippen LogP contribution is 2.36. The first-order chi connectivity index (χ1) is 15.1. The molecule has 2 N–H and O–H groups in total. The van der Waals surface area contributed by atoms with Crippen LogP contribution in [0.5, 0.6) is 5.88 Å². The van der Waals surface area contributed by atoms with E-state index in [4.69, 9.17) is 9.72 Å².